The number of piperazine rings is 1. The van der Waals surface area contributed by atoms with Crippen LogP contribution in [0.15, 0.2) is 54.2 Å². The van der Waals surface area contributed by atoms with E-state index in [-0.39, 0.29) is 0 Å². The summed E-state index contributed by atoms with van der Waals surface area (Å²) in [5.41, 5.74) is 8.20. The van der Waals surface area contributed by atoms with E-state index in [4.69, 9.17) is 14.7 Å². The number of fused-ring (bicyclic) bond motifs is 3. The fraction of sp³-hybridized carbons (Fsp3) is 0.333. The standard InChI is InChI=1S/C33H36N11O2P/c1-42-12-14-44(15-13-42)28-21-8-16-46-29(21)26(17-23(28)20-18-37-43(2)19-20)39-33-40-31-22(7-9-36-31)32(41-33)38-25-6-5-24-27(35-11-10-34-24)30(25)47(3,4)45/h5-7,9-11,17,19,37H,8,12-16,18H2,1-4H3,(H,35,38,39,41,45)/p+1. The van der Waals surface area contributed by atoms with Crippen molar-refractivity contribution < 1.29 is 14.0 Å². The molecule has 3 aromatic heterocycles. The predicted molar refractivity (Wildman–Crippen MR) is 186 cm³/mol. The summed E-state index contributed by atoms with van der Waals surface area (Å²) in [6, 6.07) is 7.86. The third-order valence-corrected chi connectivity index (χ3v) is 10.5. The van der Waals surface area contributed by atoms with E-state index in [0.717, 1.165) is 60.6 Å². The van der Waals surface area contributed by atoms with Crippen molar-refractivity contribution in [2.45, 2.75) is 6.42 Å². The van der Waals surface area contributed by atoms with Gasteiger partial charge in [-0.1, -0.05) is 4.70 Å². The smallest absolute Gasteiger partial charge is 0.231 e. The SMILES string of the molecule is CN1CCN(c2c(C3=C[N+](C)=NC3)cc(Nc3nc(Nc4ccc5nccnc5c4P(C)(C)=O)c4cc[nH]c4n3)c3c2CCO3)CC1. The van der Waals surface area contributed by atoms with Crippen molar-refractivity contribution in [2.24, 2.45) is 5.11 Å². The molecule has 13 nitrogen and oxygen atoms in total. The minimum Gasteiger partial charge on any atom is -0.491 e. The molecule has 0 aliphatic carbocycles. The summed E-state index contributed by atoms with van der Waals surface area (Å²) in [6.07, 6.45) is 8.03. The average Bonchev–Trinajstić information content (AvgIpc) is 3.82. The lowest BCUT2D eigenvalue weighted by molar-refractivity contribution is -0.491. The van der Waals surface area contributed by atoms with E-state index in [9.17, 15) is 4.57 Å². The zero-order valence-electron chi connectivity index (χ0n) is 26.9. The number of hydrogen-bond acceptors (Lipinski definition) is 11. The predicted octanol–water partition coefficient (Wildman–Crippen LogP) is 4.77. The molecule has 1 saturated heterocycles. The van der Waals surface area contributed by atoms with Gasteiger partial charge in [-0.25, -0.2) is 0 Å². The van der Waals surface area contributed by atoms with Crippen molar-refractivity contribution in [3.05, 3.63) is 60.2 Å². The van der Waals surface area contributed by atoms with Gasteiger partial charge in [0.2, 0.25) is 12.1 Å². The number of anilines is 5. The van der Waals surface area contributed by atoms with Crippen molar-refractivity contribution in [3.63, 3.8) is 0 Å². The fourth-order valence-electron chi connectivity index (χ4n) is 6.75. The van der Waals surface area contributed by atoms with Crippen LogP contribution in [0.5, 0.6) is 5.75 Å². The van der Waals surface area contributed by atoms with Gasteiger partial charge in [-0.3, -0.25) is 9.97 Å². The summed E-state index contributed by atoms with van der Waals surface area (Å²) < 4.78 is 21.8. The highest BCUT2D eigenvalue weighted by molar-refractivity contribution is 7.71. The van der Waals surface area contributed by atoms with E-state index in [2.05, 4.69) is 59.8 Å². The van der Waals surface area contributed by atoms with E-state index in [1.165, 1.54) is 11.3 Å². The number of aromatic amines is 1. The highest BCUT2D eigenvalue weighted by atomic mass is 31.2. The number of nitrogens with zero attached hydrogens (tertiary/aromatic N) is 8. The monoisotopic (exact) mass is 650 g/mol. The Kier molecular flexibility index (Phi) is 7.18. The molecule has 2 aromatic carbocycles. The molecule has 14 heteroatoms. The van der Waals surface area contributed by atoms with E-state index in [1.54, 1.807) is 25.7 Å². The van der Waals surface area contributed by atoms with Crippen molar-refractivity contribution >= 4 is 68.9 Å². The Labute approximate surface area is 272 Å². The maximum atomic E-state index is 13.6. The summed E-state index contributed by atoms with van der Waals surface area (Å²) in [4.78, 5) is 26.9. The molecule has 240 valence electrons. The Morgan fingerprint density at radius 1 is 1.02 bits per heavy atom. The highest BCUT2D eigenvalue weighted by Gasteiger charge is 2.32. The fourth-order valence-corrected chi connectivity index (χ4v) is 8.14. The first kappa shape index (κ1) is 29.5. The largest absolute Gasteiger partial charge is 0.491 e. The second kappa shape index (κ2) is 11.4. The summed E-state index contributed by atoms with van der Waals surface area (Å²) in [5, 5.41) is 13.0. The van der Waals surface area contributed by atoms with Crippen LogP contribution >= 0.6 is 7.14 Å². The number of H-pyrrole nitrogens is 1. The molecule has 0 amide bonds. The van der Waals surface area contributed by atoms with Crippen LogP contribution in [0.2, 0.25) is 0 Å². The summed E-state index contributed by atoms with van der Waals surface area (Å²) in [6.45, 7) is 8.65. The van der Waals surface area contributed by atoms with Gasteiger partial charge in [-0.05, 0) is 49.8 Å². The molecule has 47 heavy (non-hydrogen) atoms. The van der Waals surface area contributed by atoms with Gasteiger partial charge in [-0.15, -0.1) is 0 Å². The molecule has 0 bridgehead atoms. The number of hydrogen-bond donors (Lipinski definition) is 3. The van der Waals surface area contributed by atoms with E-state index < -0.39 is 7.14 Å². The molecule has 3 N–H and O–H groups in total. The van der Waals surface area contributed by atoms with Crippen LogP contribution in [0.25, 0.3) is 27.6 Å². The van der Waals surface area contributed by atoms with Gasteiger partial charge in [0.15, 0.2) is 7.05 Å². The lowest BCUT2D eigenvalue weighted by atomic mass is 9.96. The van der Waals surface area contributed by atoms with Gasteiger partial charge in [0, 0.05) is 62.3 Å². The van der Waals surface area contributed by atoms with Gasteiger partial charge in [0.25, 0.3) is 0 Å². The van der Waals surface area contributed by atoms with Crippen LogP contribution in [0.4, 0.5) is 28.8 Å². The number of nitrogens with one attached hydrogen (secondary N) is 3. The van der Waals surface area contributed by atoms with Crippen LogP contribution in [0.3, 0.4) is 0 Å². The molecule has 0 saturated carbocycles. The molecule has 5 aromatic rings. The number of benzene rings is 2. The molecule has 3 aliphatic rings. The second-order valence-electron chi connectivity index (χ2n) is 12.7. The number of likely N-dealkylation sites (N-methyl/N-ethyl adjacent to an activating group) is 1. The van der Waals surface area contributed by atoms with Crippen LogP contribution < -0.4 is 25.6 Å². The van der Waals surface area contributed by atoms with Gasteiger partial charge < -0.3 is 34.7 Å². The first-order valence-corrected chi connectivity index (χ1v) is 18.4. The van der Waals surface area contributed by atoms with Gasteiger partial charge in [0.05, 0.1) is 45.4 Å². The second-order valence-corrected chi connectivity index (χ2v) is 15.8. The lowest BCUT2D eigenvalue weighted by Crippen LogP contribution is -2.45. The zero-order chi connectivity index (χ0) is 32.3. The Bertz CT molecular complexity index is 2160. The molecule has 0 radical (unpaired) electrons. The maximum Gasteiger partial charge on any atom is 0.231 e. The maximum absolute atomic E-state index is 13.6. The average molecular weight is 651 g/mol. The molecular weight excluding hydrogens is 613 g/mol. The van der Waals surface area contributed by atoms with Gasteiger partial charge in [0.1, 0.15) is 36.4 Å². The van der Waals surface area contributed by atoms with E-state index in [1.807, 2.05) is 36.1 Å². The van der Waals surface area contributed by atoms with Crippen molar-refractivity contribution in [1.29, 1.82) is 0 Å². The number of azo groups is 2. The van der Waals surface area contributed by atoms with Crippen molar-refractivity contribution in [1.82, 2.24) is 29.8 Å². The quantitative estimate of drug-likeness (QED) is 0.167. The van der Waals surface area contributed by atoms with Gasteiger partial charge >= 0.3 is 0 Å². The van der Waals surface area contributed by atoms with E-state index >= 15 is 0 Å². The molecule has 0 atom stereocenters. The summed E-state index contributed by atoms with van der Waals surface area (Å²) in [5.74, 6) is 1.81. The highest BCUT2D eigenvalue weighted by Crippen LogP contribution is 2.47. The molecule has 0 spiro atoms. The Morgan fingerprint density at radius 3 is 2.64 bits per heavy atom. The number of ether oxygens (including phenoxy) is 1. The molecule has 3 aliphatic heterocycles. The molecule has 0 unspecified atom stereocenters. The third kappa shape index (κ3) is 5.39. The topological polar surface area (TPSA) is 140 Å². The first-order valence-electron chi connectivity index (χ1n) is 15.8. The summed E-state index contributed by atoms with van der Waals surface area (Å²) in [7, 11) is 1.37. The molecular formula is C33H37N11O2P+. The summed E-state index contributed by atoms with van der Waals surface area (Å²) >= 11 is 0. The molecule has 1 fully saturated rings. The molecule has 6 heterocycles. The van der Waals surface area contributed by atoms with E-state index in [0.29, 0.717) is 52.6 Å². The number of rotatable bonds is 7. The minimum absolute atomic E-state index is 0.402. The Balaban J connectivity index is 1.22. The van der Waals surface area contributed by atoms with Crippen molar-refractivity contribution in [3.8, 4) is 5.75 Å². The van der Waals surface area contributed by atoms with Crippen LogP contribution in [0.1, 0.15) is 11.1 Å². The van der Waals surface area contributed by atoms with Crippen LogP contribution in [0, 0.1) is 0 Å². The first-order chi connectivity index (χ1) is 22.7. The van der Waals surface area contributed by atoms with Crippen LogP contribution in [-0.2, 0) is 11.0 Å². The third-order valence-electron chi connectivity index (χ3n) is 8.99. The Hall–Kier alpha value is -4.87. The molecule has 8 rings (SSSR count). The zero-order valence-corrected chi connectivity index (χ0v) is 27.8. The van der Waals surface area contributed by atoms with Crippen LogP contribution in [-0.4, -0.2) is 101 Å². The van der Waals surface area contributed by atoms with Crippen molar-refractivity contribution in [2.75, 3.05) is 82.3 Å². The minimum atomic E-state index is -2.77. The normalized spacial score (nSPS) is 16.7. The number of aromatic nitrogens is 5. The van der Waals surface area contributed by atoms with Gasteiger partial charge in [-0.2, -0.15) is 9.97 Å². The lowest BCUT2D eigenvalue weighted by Gasteiger charge is -2.36. The Morgan fingerprint density at radius 2 is 1.85 bits per heavy atom.